The lowest BCUT2D eigenvalue weighted by molar-refractivity contribution is 0.475. The largest absolute Gasteiger partial charge is 0.508 e. The van der Waals surface area contributed by atoms with Gasteiger partial charge in [-0.2, -0.15) is 0 Å². The molecule has 4 aromatic rings. The Kier molecular flexibility index (Phi) is 6.04. The summed E-state index contributed by atoms with van der Waals surface area (Å²) in [6, 6.07) is 22.5. The highest BCUT2D eigenvalue weighted by atomic mass is 16.3. The van der Waals surface area contributed by atoms with Crippen LogP contribution in [0.2, 0.25) is 0 Å². The molecule has 3 nitrogen and oxygen atoms in total. The zero-order valence-corrected chi connectivity index (χ0v) is 17.2. The number of hydrogen-bond acceptors (Lipinski definition) is 2. The minimum atomic E-state index is 0.281. The lowest BCUT2D eigenvalue weighted by Gasteiger charge is -2.09. The second-order valence-corrected chi connectivity index (χ2v) is 7.84. The average molecular weight is 387 g/mol. The highest BCUT2D eigenvalue weighted by Crippen LogP contribution is 2.32. The number of fused-ring (bicyclic) bond motifs is 3. The molecule has 0 amide bonds. The number of rotatable bonds is 9. The molecule has 4 rings (SSSR count). The number of hydrogen-bond donors (Lipinski definition) is 2. The van der Waals surface area contributed by atoms with Gasteiger partial charge in [0.05, 0.1) is 0 Å². The number of unbranched alkanes of at least 4 members (excludes halogenated alkanes) is 5. The van der Waals surface area contributed by atoms with Crippen molar-refractivity contribution in [3.8, 4) is 5.75 Å². The Balaban J connectivity index is 1.59. The summed E-state index contributed by atoms with van der Waals surface area (Å²) in [6.45, 7) is 3.34. The van der Waals surface area contributed by atoms with Crippen molar-refractivity contribution >= 4 is 33.2 Å². The van der Waals surface area contributed by atoms with Crippen LogP contribution in [-0.2, 0) is 6.54 Å². The monoisotopic (exact) mass is 386 g/mol. The van der Waals surface area contributed by atoms with Crippen LogP contribution < -0.4 is 5.32 Å². The highest BCUT2D eigenvalue weighted by Gasteiger charge is 2.11. The van der Waals surface area contributed by atoms with Gasteiger partial charge in [0, 0.05) is 39.7 Å². The van der Waals surface area contributed by atoms with E-state index in [2.05, 4.69) is 59.3 Å². The minimum Gasteiger partial charge on any atom is -0.508 e. The Morgan fingerprint density at radius 1 is 0.724 bits per heavy atom. The lowest BCUT2D eigenvalue weighted by Crippen LogP contribution is -1.98. The van der Waals surface area contributed by atoms with Crippen LogP contribution in [0.1, 0.15) is 45.4 Å². The van der Waals surface area contributed by atoms with Crippen LogP contribution in [0.4, 0.5) is 11.4 Å². The van der Waals surface area contributed by atoms with Gasteiger partial charge in [-0.3, -0.25) is 0 Å². The number of nitrogens with zero attached hydrogens (tertiary/aromatic N) is 1. The summed E-state index contributed by atoms with van der Waals surface area (Å²) in [4.78, 5) is 0. The summed E-state index contributed by atoms with van der Waals surface area (Å²) in [5, 5.41) is 15.5. The molecule has 0 unspecified atom stereocenters. The molecular weight excluding hydrogens is 356 g/mol. The summed E-state index contributed by atoms with van der Waals surface area (Å²) in [5.41, 5.74) is 4.65. The zero-order valence-electron chi connectivity index (χ0n) is 17.2. The Bertz CT molecular complexity index is 1080. The topological polar surface area (TPSA) is 37.2 Å². The van der Waals surface area contributed by atoms with Gasteiger partial charge < -0.3 is 15.0 Å². The van der Waals surface area contributed by atoms with E-state index in [-0.39, 0.29) is 5.75 Å². The molecule has 0 atom stereocenters. The predicted molar refractivity (Wildman–Crippen MR) is 124 cm³/mol. The number of para-hydroxylation sites is 1. The van der Waals surface area contributed by atoms with Gasteiger partial charge in [0.1, 0.15) is 5.75 Å². The van der Waals surface area contributed by atoms with Gasteiger partial charge in [-0.1, -0.05) is 57.2 Å². The Labute approximate surface area is 173 Å². The Morgan fingerprint density at radius 2 is 1.41 bits per heavy atom. The fraction of sp³-hybridized carbons (Fsp3) is 0.308. The van der Waals surface area contributed by atoms with E-state index in [1.807, 2.05) is 12.1 Å². The Hall–Kier alpha value is -2.94. The zero-order chi connectivity index (χ0) is 20.1. The molecule has 0 aliphatic carbocycles. The van der Waals surface area contributed by atoms with E-state index in [4.69, 9.17) is 0 Å². The third kappa shape index (κ3) is 4.40. The minimum absolute atomic E-state index is 0.281. The van der Waals surface area contributed by atoms with Crippen molar-refractivity contribution in [3.05, 3.63) is 66.7 Å². The fourth-order valence-electron chi connectivity index (χ4n) is 4.13. The van der Waals surface area contributed by atoms with Crippen LogP contribution in [0.3, 0.4) is 0 Å². The van der Waals surface area contributed by atoms with Crippen molar-refractivity contribution in [1.29, 1.82) is 0 Å². The van der Waals surface area contributed by atoms with Crippen molar-refractivity contribution < 1.29 is 5.11 Å². The first kappa shape index (κ1) is 19.4. The fourth-order valence-corrected chi connectivity index (χ4v) is 4.13. The SMILES string of the molecule is CCCCCCCCn1c2ccccc2c2cc(Nc3ccc(O)cc3)ccc21. The Morgan fingerprint density at radius 3 is 2.24 bits per heavy atom. The quantitative estimate of drug-likeness (QED) is 0.229. The van der Waals surface area contributed by atoms with E-state index in [0.29, 0.717) is 0 Å². The maximum absolute atomic E-state index is 9.49. The van der Waals surface area contributed by atoms with Crippen LogP contribution in [0.15, 0.2) is 66.7 Å². The molecule has 0 fully saturated rings. The summed E-state index contributed by atoms with van der Waals surface area (Å²) in [5.74, 6) is 0.281. The molecule has 0 saturated carbocycles. The van der Waals surface area contributed by atoms with Crippen LogP contribution in [-0.4, -0.2) is 9.67 Å². The van der Waals surface area contributed by atoms with E-state index in [1.54, 1.807) is 12.1 Å². The van der Waals surface area contributed by atoms with Crippen LogP contribution in [0, 0.1) is 0 Å². The molecule has 3 aromatic carbocycles. The predicted octanol–water partition coefficient (Wildman–Crippen LogP) is 7.60. The average Bonchev–Trinajstić information content (AvgIpc) is 3.06. The number of aromatic hydroxyl groups is 1. The van der Waals surface area contributed by atoms with Gasteiger partial charge in [0.25, 0.3) is 0 Å². The van der Waals surface area contributed by atoms with Crippen molar-refractivity contribution in [3.63, 3.8) is 0 Å². The van der Waals surface area contributed by atoms with Gasteiger partial charge >= 0.3 is 0 Å². The number of nitrogens with one attached hydrogen (secondary N) is 1. The summed E-state index contributed by atoms with van der Waals surface area (Å²) in [6.07, 6.45) is 7.88. The highest BCUT2D eigenvalue weighted by molar-refractivity contribution is 6.09. The summed E-state index contributed by atoms with van der Waals surface area (Å²) >= 11 is 0. The molecule has 0 aliphatic heterocycles. The smallest absolute Gasteiger partial charge is 0.115 e. The first-order chi connectivity index (χ1) is 14.3. The number of aryl methyl sites for hydroxylation is 1. The molecule has 150 valence electrons. The number of anilines is 2. The van der Waals surface area contributed by atoms with Crippen LogP contribution >= 0.6 is 0 Å². The molecule has 0 radical (unpaired) electrons. The maximum Gasteiger partial charge on any atom is 0.115 e. The van der Waals surface area contributed by atoms with Crippen molar-refractivity contribution in [2.45, 2.75) is 52.0 Å². The normalized spacial score (nSPS) is 11.3. The third-order valence-corrected chi connectivity index (χ3v) is 5.66. The van der Waals surface area contributed by atoms with E-state index in [0.717, 1.165) is 17.9 Å². The lowest BCUT2D eigenvalue weighted by atomic mass is 10.1. The van der Waals surface area contributed by atoms with E-state index >= 15 is 0 Å². The molecular formula is C26H30N2O. The first-order valence-corrected chi connectivity index (χ1v) is 10.8. The van der Waals surface area contributed by atoms with Crippen LogP contribution in [0.5, 0.6) is 5.75 Å². The van der Waals surface area contributed by atoms with Gasteiger partial charge in [0.2, 0.25) is 0 Å². The number of benzene rings is 3. The van der Waals surface area contributed by atoms with Gasteiger partial charge in [0.15, 0.2) is 0 Å². The van der Waals surface area contributed by atoms with E-state index < -0.39 is 0 Å². The number of aromatic nitrogens is 1. The number of phenolic OH excluding ortho intramolecular Hbond substituents is 1. The molecule has 0 aliphatic rings. The van der Waals surface area contributed by atoms with Crippen molar-refractivity contribution in [2.24, 2.45) is 0 Å². The molecule has 29 heavy (non-hydrogen) atoms. The molecule has 0 bridgehead atoms. The number of phenols is 1. The third-order valence-electron chi connectivity index (χ3n) is 5.66. The van der Waals surface area contributed by atoms with Crippen molar-refractivity contribution in [2.75, 3.05) is 5.32 Å². The molecule has 3 heteroatoms. The molecule has 0 spiro atoms. The summed E-state index contributed by atoms with van der Waals surface area (Å²) in [7, 11) is 0. The molecule has 1 heterocycles. The van der Waals surface area contributed by atoms with E-state index in [1.165, 1.54) is 60.3 Å². The van der Waals surface area contributed by atoms with Crippen molar-refractivity contribution in [1.82, 2.24) is 4.57 Å². The van der Waals surface area contributed by atoms with E-state index in [9.17, 15) is 5.11 Å². The van der Waals surface area contributed by atoms with Gasteiger partial charge in [-0.05, 0) is 55.0 Å². The molecule has 1 aromatic heterocycles. The molecule has 2 N–H and O–H groups in total. The second-order valence-electron chi connectivity index (χ2n) is 7.84. The van der Waals surface area contributed by atoms with Gasteiger partial charge in [-0.15, -0.1) is 0 Å². The van der Waals surface area contributed by atoms with Gasteiger partial charge in [-0.25, -0.2) is 0 Å². The maximum atomic E-state index is 9.49. The summed E-state index contributed by atoms with van der Waals surface area (Å²) < 4.78 is 2.48. The second kappa shape index (κ2) is 9.04. The van der Waals surface area contributed by atoms with Crippen LogP contribution in [0.25, 0.3) is 21.8 Å². The molecule has 0 saturated heterocycles. The first-order valence-electron chi connectivity index (χ1n) is 10.8. The standard InChI is InChI=1S/C26H30N2O/c1-2-3-4-5-6-9-18-28-25-11-8-7-10-23(25)24-19-21(14-17-26(24)28)27-20-12-15-22(29)16-13-20/h7-8,10-17,19,27,29H,2-6,9,18H2,1H3.